The second kappa shape index (κ2) is 11.6. The molecular weight excluding hydrogens is 717 g/mol. The van der Waals surface area contributed by atoms with Gasteiger partial charge in [0.2, 0.25) is 0 Å². The van der Waals surface area contributed by atoms with Crippen molar-refractivity contribution in [2.45, 2.75) is 0 Å². The van der Waals surface area contributed by atoms with Crippen LogP contribution in [-0.2, 0) is 0 Å². The van der Waals surface area contributed by atoms with Crippen LogP contribution >= 0.6 is 11.3 Å². The first-order valence-electron chi connectivity index (χ1n) is 19.3. The average molecular weight is 747 g/mol. The highest BCUT2D eigenvalue weighted by atomic mass is 32.1. The smallest absolute Gasteiger partial charge is 0.161 e. The van der Waals surface area contributed by atoms with Crippen LogP contribution in [0.25, 0.3) is 120 Å². The first kappa shape index (κ1) is 30.9. The van der Waals surface area contributed by atoms with E-state index in [2.05, 4.69) is 191 Å². The third-order valence-corrected chi connectivity index (χ3v) is 13.0. The summed E-state index contributed by atoms with van der Waals surface area (Å²) in [7, 11) is 0. The molecule has 0 atom stereocenters. The summed E-state index contributed by atoms with van der Waals surface area (Å²) in [6, 6.07) is 64.8. The van der Waals surface area contributed by atoms with Crippen LogP contribution in [0.1, 0.15) is 0 Å². The van der Waals surface area contributed by atoms with Crippen molar-refractivity contribution >= 4 is 97.5 Å². The second-order valence-electron chi connectivity index (χ2n) is 14.8. The maximum absolute atomic E-state index is 6.88. The molecule has 0 aliphatic rings. The van der Waals surface area contributed by atoms with Gasteiger partial charge in [0, 0.05) is 59.5 Å². The quantitative estimate of drug-likeness (QED) is 0.180. The number of aromatic nitrogens is 2. The number of fused-ring (bicyclic) bond motifs is 13. The average Bonchev–Trinajstić information content (AvgIpc) is 4.08. The van der Waals surface area contributed by atoms with E-state index in [-0.39, 0.29) is 0 Å². The number of furan rings is 2. The van der Waals surface area contributed by atoms with Gasteiger partial charge in [-0.1, -0.05) is 115 Å². The number of hydrogen-bond donors (Lipinski definition) is 0. The number of thiophene rings is 1. The van der Waals surface area contributed by atoms with E-state index in [9.17, 15) is 0 Å². The summed E-state index contributed by atoms with van der Waals surface area (Å²) in [6.07, 6.45) is 0. The van der Waals surface area contributed by atoms with Crippen LogP contribution in [0.3, 0.4) is 0 Å². The summed E-state index contributed by atoms with van der Waals surface area (Å²) in [6.45, 7) is 0. The minimum absolute atomic E-state index is 0.860. The molecule has 8 aromatic carbocycles. The molecule has 0 fully saturated rings. The van der Waals surface area contributed by atoms with E-state index in [0.29, 0.717) is 0 Å². The van der Waals surface area contributed by atoms with Gasteiger partial charge in [-0.3, -0.25) is 0 Å². The minimum Gasteiger partial charge on any atom is -0.455 e. The molecule has 0 N–H and O–H groups in total. The normalized spacial score (nSPS) is 12.2. The molecule has 0 saturated heterocycles. The molecule has 5 heterocycles. The van der Waals surface area contributed by atoms with Gasteiger partial charge in [0.05, 0.1) is 21.3 Å². The maximum atomic E-state index is 6.88. The van der Waals surface area contributed by atoms with Crippen LogP contribution in [0.15, 0.2) is 191 Å². The number of para-hydroxylation sites is 5. The van der Waals surface area contributed by atoms with Gasteiger partial charge in [-0.25, -0.2) is 0 Å². The molecule has 5 heteroatoms. The van der Waals surface area contributed by atoms with Crippen molar-refractivity contribution in [3.05, 3.63) is 182 Å². The van der Waals surface area contributed by atoms with E-state index in [1.807, 2.05) is 11.3 Å². The molecule has 0 unspecified atom stereocenters. The van der Waals surface area contributed by atoms with Crippen molar-refractivity contribution in [3.63, 3.8) is 0 Å². The van der Waals surface area contributed by atoms with Crippen molar-refractivity contribution in [3.8, 4) is 33.6 Å². The molecule has 0 amide bonds. The monoisotopic (exact) mass is 746 g/mol. The Bertz CT molecular complexity index is 3750. The Morgan fingerprint density at radius 3 is 1.77 bits per heavy atom. The summed E-state index contributed by atoms with van der Waals surface area (Å²) < 4.78 is 21.0. The van der Waals surface area contributed by atoms with Gasteiger partial charge in [0.25, 0.3) is 0 Å². The van der Waals surface area contributed by atoms with E-state index < -0.39 is 0 Å². The first-order valence-corrected chi connectivity index (χ1v) is 20.1. The Hall–Kier alpha value is -7.34. The molecule has 13 aromatic rings. The van der Waals surface area contributed by atoms with Crippen molar-refractivity contribution < 1.29 is 8.83 Å². The summed E-state index contributed by atoms with van der Waals surface area (Å²) in [5.74, 6) is 0. The van der Waals surface area contributed by atoms with Crippen LogP contribution < -0.4 is 0 Å². The molecule has 4 nitrogen and oxygen atoms in total. The van der Waals surface area contributed by atoms with Crippen LogP contribution in [0.5, 0.6) is 0 Å². The predicted octanol–water partition coefficient (Wildman–Crippen LogP) is 15.1. The van der Waals surface area contributed by atoms with Gasteiger partial charge in [0.15, 0.2) is 5.58 Å². The molecule has 0 radical (unpaired) electrons. The fourth-order valence-corrected chi connectivity index (χ4v) is 10.7. The zero-order chi connectivity index (χ0) is 37.2. The molecule has 0 aliphatic heterocycles. The highest BCUT2D eigenvalue weighted by Crippen LogP contribution is 2.49. The molecule has 57 heavy (non-hydrogen) atoms. The van der Waals surface area contributed by atoms with E-state index in [1.165, 1.54) is 36.8 Å². The minimum atomic E-state index is 0.860. The lowest BCUT2D eigenvalue weighted by atomic mass is 9.94. The van der Waals surface area contributed by atoms with Gasteiger partial charge in [-0.05, 0) is 77.9 Å². The second-order valence-corrected chi connectivity index (χ2v) is 15.8. The van der Waals surface area contributed by atoms with Gasteiger partial charge in [-0.15, -0.1) is 11.3 Å². The predicted molar refractivity (Wildman–Crippen MR) is 238 cm³/mol. The zero-order valence-electron chi connectivity index (χ0n) is 30.4. The lowest BCUT2D eigenvalue weighted by Crippen LogP contribution is -1.93. The van der Waals surface area contributed by atoms with Gasteiger partial charge in [0.1, 0.15) is 22.3 Å². The van der Waals surface area contributed by atoms with Crippen LogP contribution in [0.4, 0.5) is 0 Å². The highest BCUT2D eigenvalue weighted by molar-refractivity contribution is 7.27. The largest absolute Gasteiger partial charge is 0.455 e. The van der Waals surface area contributed by atoms with Crippen LogP contribution in [0.2, 0.25) is 0 Å². The summed E-state index contributed by atoms with van der Waals surface area (Å²) >= 11 is 1.87. The molecule has 0 spiro atoms. The Morgan fingerprint density at radius 2 is 0.982 bits per heavy atom. The molecule has 5 aromatic heterocycles. The number of hydrogen-bond acceptors (Lipinski definition) is 3. The Balaban J connectivity index is 1.05. The lowest BCUT2D eigenvalue weighted by molar-refractivity contribution is 0.670. The fourth-order valence-electron chi connectivity index (χ4n) is 9.31. The van der Waals surface area contributed by atoms with Crippen molar-refractivity contribution in [1.29, 1.82) is 0 Å². The first-order chi connectivity index (χ1) is 28.3. The zero-order valence-corrected chi connectivity index (χ0v) is 31.3. The van der Waals surface area contributed by atoms with E-state index >= 15 is 0 Å². The molecule has 0 saturated carbocycles. The Morgan fingerprint density at radius 1 is 0.368 bits per heavy atom. The molecule has 13 rings (SSSR count). The number of benzene rings is 8. The molecular formula is C52H30N2O2S. The SMILES string of the molecule is c1ccc(-n2c3ccccc3c3oc4cc(-c5ccc(-c6cccc7c6sc6c8ccccc8n(-c8ccccc8)c76)c6oc7ccccc7c56)ccc4c32)cc1. The van der Waals surface area contributed by atoms with E-state index in [0.717, 1.165) is 83.0 Å². The third-order valence-electron chi connectivity index (χ3n) is 11.7. The standard InChI is InChI=1S/C52H30N2O2S/c1-3-14-32(15-4-1)53-42-23-10-7-18-37(42)50-47(53)40-27-26-31(30-45(40)56-50)34-28-29-35(49-46(34)39-20-9-12-25-44(39)55-49)36-21-13-22-41-48-52(57-51(36)41)38-19-8-11-24-43(38)54(48)33-16-5-2-6-17-33/h1-30H. The third kappa shape index (κ3) is 4.26. The number of nitrogens with zero attached hydrogens (tertiary/aromatic N) is 2. The van der Waals surface area contributed by atoms with Gasteiger partial charge in [-0.2, -0.15) is 0 Å². The Kier molecular flexibility index (Phi) is 6.29. The fraction of sp³-hybridized carbons (Fsp3) is 0. The van der Waals surface area contributed by atoms with Crippen molar-refractivity contribution in [2.24, 2.45) is 0 Å². The van der Waals surface area contributed by atoms with Crippen LogP contribution in [0, 0.1) is 0 Å². The van der Waals surface area contributed by atoms with Gasteiger partial charge >= 0.3 is 0 Å². The molecule has 266 valence electrons. The molecule has 0 bridgehead atoms. The Labute approximate surface area is 329 Å². The summed E-state index contributed by atoms with van der Waals surface area (Å²) in [5.41, 5.74) is 14.9. The maximum Gasteiger partial charge on any atom is 0.161 e. The van der Waals surface area contributed by atoms with Crippen LogP contribution in [-0.4, -0.2) is 9.13 Å². The summed E-state index contributed by atoms with van der Waals surface area (Å²) in [4.78, 5) is 0. The van der Waals surface area contributed by atoms with Crippen molar-refractivity contribution in [1.82, 2.24) is 9.13 Å². The van der Waals surface area contributed by atoms with Crippen molar-refractivity contribution in [2.75, 3.05) is 0 Å². The highest BCUT2D eigenvalue weighted by Gasteiger charge is 2.24. The van der Waals surface area contributed by atoms with Gasteiger partial charge < -0.3 is 18.0 Å². The summed E-state index contributed by atoms with van der Waals surface area (Å²) in [5, 5.41) is 6.90. The van der Waals surface area contributed by atoms with E-state index in [4.69, 9.17) is 8.83 Å². The lowest BCUT2D eigenvalue weighted by Gasteiger charge is -2.11. The number of rotatable bonds is 4. The molecule has 0 aliphatic carbocycles. The topological polar surface area (TPSA) is 36.1 Å². The van der Waals surface area contributed by atoms with E-state index in [1.54, 1.807) is 0 Å².